The molecule has 0 radical (unpaired) electrons. The standard InChI is InChI=1S/C7H13IO3Si/c1-12(2,3)6(8)5-4-10-7(9)11-5/h5-6H,4H2,1-3H3/t5-,6-/m0/s1. The smallest absolute Gasteiger partial charge is 0.430 e. The maximum Gasteiger partial charge on any atom is 0.508 e. The molecule has 0 amide bonds. The highest BCUT2D eigenvalue weighted by Crippen LogP contribution is 2.25. The molecule has 12 heavy (non-hydrogen) atoms. The summed E-state index contributed by atoms with van der Waals surface area (Å²) in [5.74, 6) is 0. The molecule has 0 aromatic rings. The van der Waals surface area contributed by atoms with Crippen molar-refractivity contribution in [1.82, 2.24) is 0 Å². The van der Waals surface area contributed by atoms with E-state index >= 15 is 0 Å². The van der Waals surface area contributed by atoms with Gasteiger partial charge in [0.05, 0.1) is 8.07 Å². The van der Waals surface area contributed by atoms with Gasteiger partial charge in [-0.3, -0.25) is 0 Å². The van der Waals surface area contributed by atoms with Crippen molar-refractivity contribution in [2.75, 3.05) is 6.61 Å². The van der Waals surface area contributed by atoms with E-state index in [-0.39, 0.29) is 6.10 Å². The van der Waals surface area contributed by atoms with Gasteiger partial charge in [0.15, 0.2) is 0 Å². The molecule has 3 nitrogen and oxygen atoms in total. The van der Waals surface area contributed by atoms with Crippen LogP contribution in [0.2, 0.25) is 19.6 Å². The second-order valence-electron chi connectivity index (χ2n) is 3.99. The second-order valence-corrected chi connectivity index (χ2v) is 11.9. The zero-order valence-corrected chi connectivity index (χ0v) is 10.6. The van der Waals surface area contributed by atoms with Gasteiger partial charge in [-0.2, -0.15) is 0 Å². The molecule has 5 heteroatoms. The second kappa shape index (κ2) is 3.53. The van der Waals surface area contributed by atoms with Gasteiger partial charge in [0.25, 0.3) is 0 Å². The van der Waals surface area contributed by atoms with Crippen LogP contribution >= 0.6 is 22.6 Å². The zero-order chi connectivity index (χ0) is 9.35. The van der Waals surface area contributed by atoms with Crippen molar-refractivity contribution >= 4 is 36.8 Å². The first-order valence-electron chi connectivity index (χ1n) is 3.89. The van der Waals surface area contributed by atoms with Crippen molar-refractivity contribution in [2.24, 2.45) is 0 Å². The fraction of sp³-hybridized carbons (Fsp3) is 0.857. The molecule has 1 saturated heterocycles. The summed E-state index contributed by atoms with van der Waals surface area (Å²) in [7, 11) is -1.23. The van der Waals surface area contributed by atoms with Crippen LogP contribution in [0.1, 0.15) is 0 Å². The molecule has 1 aliphatic rings. The number of hydrogen-bond donors (Lipinski definition) is 0. The van der Waals surface area contributed by atoms with E-state index in [1.54, 1.807) is 0 Å². The van der Waals surface area contributed by atoms with E-state index in [0.717, 1.165) is 0 Å². The number of alkyl halides is 1. The lowest BCUT2D eigenvalue weighted by Gasteiger charge is -2.26. The Bertz CT molecular complexity index is 190. The van der Waals surface area contributed by atoms with Crippen molar-refractivity contribution in [2.45, 2.75) is 29.3 Å². The Labute approximate surface area is 87.0 Å². The first-order chi connectivity index (χ1) is 5.41. The lowest BCUT2D eigenvalue weighted by atomic mass is 10.4. The van der Waals surface area contributed by atoms with Gasteiger partial charge in [-0.15, -0.1) is 0 Å². The molecule has 1 aliphatic heterocycles. The van der Waals surface area contributed by atoms with Crippen molar-refractivity contribution < 1.29 is 14.3 Å². The lowest BCUT2D eigenvalue weighted by Crippen LogP contribution is -2.43. The summed E-state index contributed by atoms with van der Waals surface area (Å²) in [6.45, 7) is 7.21. The summed E-state index contributed by atoms with van der Waals surface area (Å²) in [4.78, 5) is 10.7. The predicted molar refractivity (Wildman–Crippen MR) is 57.4 cm³/mol. The van der Waals surface area contributed by atoms with Crippen LogP contribution in [0.4, 0.5) is 4.79 Å². The molecule has 0 N–H and O–H groups in total. The molecule has 0 bridgehead atoms. The Morgan fingerprint density at radius 2 is 2.17 bits per heavy atom. The fourth-order valence-electron chi connectivity index (χ4n) is 1.04. The summed E-state index contributed by atoms with van der Waals surface area (Å²) in [5, 5.41) is 0. The summed E-state index contributed by atoms with van der Waals surface area (Å²) < 4.78 is 10.2. The number of hydrogen-bond acceptors (Lipinski definition) is 3. The number of carbonyl (C=O) groups is 1. The summed E-state index contributed by atoms with van der Waals surface area (Å²) in [5.41, 5.74) is 0. The Hall–Kier alpha value is 0.217. The summed E-state index contributed by atoms with van der Waals surface area (Å²) in [6.07, 6.45) is -0.537. The molecule has 1 heterocycles. The first kappa shape index (κ1) is 10.3. The van der Waals surface area contributed by atoms with Crippen molar-refractivity contribution in [1.29, 1.82) is 0 Å². The Morgan fingerprint density at radius 1 is 1.58 bits per heavy atom. The van der Waals surface area contributed by atoms with Crippen molar-refractivity contribution in [3.8, 4) is 0 Å². The van der Waals surface area contributed by atoms with E-state index in [9.17, 15) is 4.79 Å². The third kappa shape index (κ3) is 2.35. The van der Waals surface area contributed by atoms with Gasteiger partial charge < -0.3 is 9.47 Å². The monoisotopic (exact) mass is 300 g/mol. The van der Waals surface area contributed by atoms with Gasteiger partial charge in [0.2, 0.25) is 0 Å². The molecular weight excluding hydrogens is 287 g/mol. The largest absolute Gasteiger partial charge is 0.508 e. The maximum absolute atomic E-state index is 10.7. The number of rotatable bonds is 2. The van der Waals surface area contributed by atoms with Gasteiger partial charge in [-0.1, -0.05) is 42.2 Å². The fourth-order valence-corrected chi connectivity index (χ4v) is 2.68. The molecule has 2 atom stereocenters. The Kier molecular flexibility index (Phi) is 3.03. The molecular formula is C7H13IO3Si. The van der Waals surface area contributed by atoms with Crippen LogP contribution in [-0.2, 0) is 9.47 Å². The zero-order valence-electron chi connectivity index (χ0n) is 7.46. The van der Waals surface area contributed by atoms with Gasteiger partial charge in [0.1, 0.15) is 12.7 Å². The van der Waals surface area contributed by atoms with Gasteiger partial charge >= 0.3 is 6.16 Å². The quantitative estimate of drug-likeness (QED) is 0.339. The highest BCUT2D eigenvalue weighted by Gasteiger charge is 2.38. The van der Waals surface area contributed by atoms with Gasteiger partial charge in [-0.05, 0) is 0 Å². The molecule has 0 spiro atoms. The lowest BCUT2D eigenvalue weighted by molar-refractivity contribution is 0.121. The van der Waals surface area contributed by atoms with E-state index in [0.29, 0.717) is 10.2 Å². The number of carbonyl (C=O) groups excluding carboxylic acids is 1. The minimum Gasteiger partial charge on any atom is -0.430 e. The van der Waals surface area contributed by atoms with Crippen molar-refractivity contribution in [3.05, 3.63) is 0 Å². The minimum atomic E-state index is -1.23. The van der Waals surface area contributed by atoms with E-state index in [1.165, 1.54) is 0 Å². The SMILES string of the molecule is C[Si](C)(C)[C@H](I)[C@@H]1COC(=O)O1. The molecule has 70 valence electrons. The molecule has 1 rings (SSSR count). The number of halogens is 1. The van der Waals surface area contributed by atoms with Crippen LogP contribution < -0.4 is 0 Å². The van der Waals surface area contributed by atoms with Crippen LogP contribution in [-0.4, -0.2) is 30.5 Å². The van der Waals surface area contributed by atoms with Crippen LogP contribution in [0.15, 0.2) is 0 Å². The van der Waals surface area contributed by atoms with Crippen LogP contribution in [0.3, 0.4) is 0 Å². The summed E-state index contributed by atoms with van der Waals surface area (Å²) >= 11 is 2.36. The van der Waals surface area contributed by atoms with E-state index < -0.39 is 14.2 Å². The van der Waals surface area contributed by atoms with Crippen LogP contribution in [0, 0.1) is 0 Å². The maximum atomic E-state index is 10.7. The number of ether oxygens (including phenoxy) is 2. The van der Waals surface area contributed by atoms with Crippen molar-refractivity contribution in [3.63, 3.8) is 0 Å². The van der Waals surface area contributed by atoms with Gasteiger partial charge in [0, 0.05) is 3.55 Å². The Morgan fingerprint density at radius 3 is 2.50 bits per heavy atom. The number of cyclic esters (lactones) is 2. The molecule has 0 unspecified atom stereocenters. The third-order valence-electron chi connectivity index (χ3n) is 1.77. The summed E-state index contributed by atoms with van der Waals surface area (Å²) in [6, 6.07) is 0. The normalized spacial score (nSPS) is 26.3. The van der Waals surface area contributed by atoms with Crippen LogP contribution in [0.25, 0.3) is 0 Å². The highest BCUT2D eigenvalue weighted by atomic mass is 127. The third-order valence-corrected chi connectivity index (χ3v) is 10.2. The average molecular weight is 300 g/mol. The molecule has 0 aliphatic carbocycles. The average Bonchev–Trinajstić information content (AvgIpc) is 2.32. The molecule has 0 saturated carbocycles. The topological polar surface area (TPSA) is 35.5 Å². The van der Waals surface area contributed by atoms with E-state index in [2.05, 4.69) is 42.2 Å². The highest BCUT2D eigenvalue weighted by molar-refractivity contribution is 14.1. The first-order valence-corrected chi connectivity index (χ1v) is 8.71. The molecule has 0 aromatic heterocycles. The molecule has 0 aromatic carbocycles. The predicted octanol–water partition coefficient (Wildman–Crippen LogP) is 2.20. The van der Waals surface area contributed by atoms with Gasteiger partial charge in [-0.25, -0.2) is 4.79 Å². The minimum absolute atomic E-state index is 0.0234. The van der Waals surface area contributed by atoms with Crippen LogP contribution in [0.5, 0.6) is 0 Å². The molecule has 1 fully saturated rings. The Balaban J connectivity index is 2.54. The van der Waals surface area contributed by atoms with E-state index in [4.69, 9.17) is 9.47 Å². The van der Waals surface area contributed by atoms with E-state index in [1.807, 2.05) is 0 Å².